The normalized spacial score (nSPS) is 27.8. The summed E-state index contributed by atoms with van der Waals surface area (Å²) >= 11 is 0. The van der Waals surface area contributed by atoms with Crippen molar-refractivity contribution in [2.75, 3.05) is 17.5 Å². The van der Waals surface area contributed by atoms with E-state index in [9.17, 15) is 13.2 Å². The first-order chi connectivity index (χ1) is 15.9. The fourth-order valence-electron chi connectivity index (χ4n) is 6.69. The maximum Gasteiger partial charge on any atom is 0.264 e. The molecule has 0 atom stereocenters. The molecule has 7 heteroatoms. The van der Waals surface area contributed by atoms with E-state index < -0.39 is 10.0 Å². The second-order valence-electron chi connectivity index (χ2n) is 9.97. The first-order valence-electron chi connectivity index (χ1n) is 12.0. The Bertz CT molecular complexity index is 1080. The largest absolute Gasteiger partial charge is 0.492 e. The number of carbonyl (C=O) groups is 1. The van der Waals surface area contributed by atoms with Gasteiger partial charge in [0.15, 0.2) is 0 Å². The maximum absolute atomic E-state index is 13.7. The number of hydrogen-bond donors (Lipinski definition) is 1. The quantitative estimate of drug-likeness (QED) is 0.624. The second kappa shape index (κ2) is 8.67. The van der Waals surface area contributed by atoms with E-state index in [0.29, 0.717) is 35.8 Å². The van der Waals surface area contributed by atoms with Crippen LogP contribution in [0.1, 0.15) is 45.4 Å². The monoisotopic (exact) mass is 468 g/mol. The van der Waals surface area contributed by atoms with Crippen LogP contribution >= 0.6 is 0 Å². The van der Waals surface area contributed by atoms with Crippen LogP contribution < -0.4 is 14.4 Å². The van der Waals surface area contributed by atoms with Crippen molar-refractivity contribution in [2.24, 2.45) is 17.8 Å². The maximum atomic E-state index is 13.7. The number of sulfonamides is 1. The summed E-state index contributed by atoms with van der Waals surface area (Å²) < 4.78 is 34.3. The SMILES string of the molecule is CCOc1ccccc1N(CC(=O)NC12CC3CC(CC(C3)C1)C2)S(=O)(=O)c1ccccc1. The van der Waals surface area contributed by atoms with Gasteiger partial charge in [0.25, 0.3) is 10.0 Å². The lowest BCUT2D eigenvalue weighted by atomic mass is 9.53. The van der Waals surface area contributed by atoms with Gasteiger partial charge in [0.05, 0.1) is 17.2 Å². The summed E-state index contributed by atoms with van der Waals surface area (Å²) in [4.78, 5) is 13.6. The highest BCUT2D eigenvalue weighted by Crippen LogP contribution is 2.55. The third-order valence-electron chi connectivity index (χ3n) is 7.50. The van der Waals surface area contributed by atoms with Crippen molar-refractivity contribution >= 4 is 21.6 Å². The van der Waals surface area contributed by atoms with Crippen LogP contribution in [0.25, 0.3) is 0 Å². The Balaban J connectivity index is 1.45. The molecule has 1 N–H and O–H groups in total. The number of ether oxygens (including phenoxy) is 1. The van der Waals surface area contributed by atoms with Crippen molar-refractivity contribution in [3.8, 4) is 5.75 Å². The molecule has 0 unspecified atom stereocenters. The zero-order valence-electron chi connectivity index (χ0n) is 19.1. The van der Waals surface area contributed by atoms with Crippen molar-refractivity contribution in [3.63, 3.8) is 0 Å². The molecule has 4 aliphatic carbocycles. The first-order valence-corrected chi connectivity index (χ1v) is 13.4. The van der Waals surface area contributed by atoms with Gasteiger partial charge in [0, 0.05) is 5.54 Å². The van der Waals surface area contributed by atoms with E-state index in [1.54, 1.807) is 54.6 Å². The summed E-state index contributed by atoms with van der Waals surface area (Å²) in [7, 11) is -3.96. The molecular formula is C26H32N2O4S. The number of nitrogens with one attached hydrogen (secondary N) is 1. The number of hydrogen-bond acceptors (Lipinski definition) is 4. The van der Waals surface area contributed by atoms with Crippen LogP contribution in [-0.2, 0) is 14.8 Å². The molecule has 0 spiro atoms. The number of amides is 1. The highest BCUT2D eigenvalue weighted by atomic mass is 32.2. The van der Waals surface area contributed by atoms with Gasteiger partial charge in [-0.05, 0) is 87.5 Å². The van der Waals surface area contributed by atoms with Crippen molar-refractivity contribution in [3.05, 3.63) is 54.6 Å². The Labute approximate surface area is 196 Å². The zero-order chi connectivity index (χ0) is 23.1. The topological polar surface area (TPSA) is 75.7 Å². The Hall–Kier alpha value is -2.54. The molecule has 1 amide bonds. The van der Waals surface area contributed by atoms with Crippen LogP contribution in [0.4, 0.5) is 5.69 Å². The van der Waals surface area contributed by atoms with E-state index in [1.807, 2.05) is 6.92 Å². The van der Waals surface area contributed by atoms with Crippen LogP contribution in [-0.4, -0.2) is 33.0 Å². The summed E-state index contributed by atoms with van der Waals surface area (Å²) in [6.45, 7) is 1.98. The molecule has 6 rings (SSSR count). The molecule has 4 bridgehead atoms. The lowest BCUT2D eigenvalue weighted by Gasteiger charge is -2.57. The van der Waals surface area contributed by atoms with Crippen molar-refractivity contribution < 1.29 is 17.9 Å². The summed E-state index contributed by atoms with van der Waals surface area (Å²) in [5.41, 5.74) is 0.205. The highest BCUT2D eigenvalue weighted by Gasteiger charge is 2.51. The van der Waals surface area contributed by atoms with Gasteiger partial charge >= 0.3 is 0 Å². The number of benzene rings is 2. The predicted molar refractivity (Wildman–Crippen MR) is 128 cm³/mol. The van der Waals surface area contributed by atoms with Gasteiger partial charge in [-0.1, -0.05) is 30.3 Å². The van der Waals surface area contributed by atoms with Gasteiger partial charge in [-0.2, -0.15) is 0 Å². The van der Waals surface area contributed by atoms with Gasteiger partial charge in [-0.15, -0.1) is 0 Å². The third-order valence-corrected chi connectivity index (χ3v) is 9.27. The van der Waals surface area contributed by atoms with Gasteiger partial charge in [-0.25, -0.2) is 8.42 Å². The molecule has 176 valence electrons. The molecular weight excluding hydrogens is 436 g/mol. The standard InChI is InChI=1S/C26H32N2O4S/c1-2-32-24-11-7-6-10-23(24)28(33(30,31)22-8-4-3-5-9-22)18-25(29)27-26-15-19-12-20(16-26)14-21(13-19)17-26/h3-11,19-21H,2,12-18H2,1H3,(H,27,29). The minimum Gasteiger partial charge on any atom is -0.492 e. The van der Waals surface area contributed by atoms with Crippen LogP contribution in [0.5, 0.6) is 5.75 Å². The Kier molecular flexibility index (Phi) is 5.85. The van der Waals surface area contributed by atoms with E-state index in [-0.39, 0.29) is 22.9 Å². The highest BCUT2D eigenvalue weighted by molar-refractivity contribution is 7.92. The molecule has 6 nitrogen and oxygen atoms in total. The molecule has 0 heterocycles. The fourth-order valence-corrected chi connectivity index (χ4v) is 8.14. The van der Waals surface area contributed by atoms with Crippen LogP contribution in [0.2, 0.25) is 0 Å². The third kappa shape index (κ3) is 4.35. The molecule has 2 aromatic carbocycles. The summed E-state index contributed by atoms with van der Waals surface area (Å²) in [5.74, 6) is 2.28. The van der Waals surface area contributed by atoms with Crippen molar-refractivity contribution in [1.29, 1.82) is 0 Å². The number of anilines is 1. The molecule has 33 heavy (non-hydrogen) atoms. The number of rotatable bonds is 8. The summed E-state index contributed by atoms with van der Waals surface area (Å²) in [5, 5.41) is 3.31. The van der Waals surface area contributed by atoms with Gasteiger partial charge in [-0.3, -0.25) is 9.10 Å². The van der Waals surface area contributed by atoms with Crippen LogP contribution in [0.3, 0.4) is 0 Å². The molecule has 0 radical (unpaired) electrons. The Morgan fingerprint density at radius 2 is 1.55 bits per heavy atom. The van der Waals surface area contributed by atoms with E-state index in [0.717, 1.165) is 19.3 Å². The average Bonchev–Trinajstić information content (AvgIpc) is 2.77. The van der Waals surface area contributed by atoms with Crippen LogP contribution in [0, 0.1) is 17.8 Å². The number of para-hydroxylation sites is 2. The van der Waals surface area contributed by atoms with E-state index in [4.69, 9.17) is 4.74 Å². The lowest BCUT2D eigenvalue weighted by Crippen LogP contribution is -2.61. The summed E-state index contributed by atoms with van der Waals surface area (Å²) in [6, 6.07) is 15.3. The number of nitrogens with zero attached hydrogens (tertiary/aromatic N) is 1. The summed E-state index contributed by atoms with van der Waals surface area (Å²) in [6.07, 6.45) is 6.91. The van der Waals surface area contributed by atoms with Gasteiger partial charge in [0.2, 0.25) is 5.91 Å². The molecule has 4 saturated carbocycles. The van der Waals surface area contributed by atoms with Crippen molar-refractivity contribution in [1.82, 2.24) is 5.32 Å². The van der Waals surface area contributed by atoms with E-state index in [1.165, 1.54) is 23.6 Å². The molecule has 2 aromatic rings. The predicted octanol–water partition coefficient (Wildman–Crippen LogP) is 4.37. The zero-order valence-corrected chi connectivity index (χ0v) is 19.9. The molecule has 4 aliphatic rings. The average molecular weight is 469 g/mol. The first kappa shape index (κ1) is 22.3. The molecule has 4 fully saturated rings. The Morgan fingerprint density at radius 1 is 0.970 bits per heavy atom. The van der Waals surface area contributed by atoms with E-state index >= 15 is 0 Å². The smallest absolute Gasteiger partial charge is 0.264 e. The minimum absolute atomic E-state index is 0.152. The lowest BCUT2D eigenvalue weighted by molar-refractivity contribution is -0.125. The molecule has 0 aromatic heterocycles. The molecule has 0 saturated heterocycles. The van der Waals surface area contributed by atoms with E-state index in [2.05, 4.69) is 5.32 Å². The molecule has 0 aliphatic heterocycles. The van der Waals surface area contributed by atoms with Gasteiger partial charge in [0.1, 0.15) is 12.3 Å². The second-order valence-corrected chi connectivity index (χ2v) is 11.8. The fraction of sp³-hybridized carbons (Fsp3) is 0.500. The van der Waals surface area contributed by atoms with Crippen LogP contribution in [0.15, 0.2) is 59.5 Å². The number of carbonyl (C=O) groups excluding carboxylic acids is 1. The Morgan fingerprint density at radius 3 is 2.15 bits per heavy atom. The van der Waals surface area contributed by atoms with Gasteiger partial charge < -0.3 is 10.1 Å². The minimum atomic E-state index is -3.96. The van der Waals surface area contributed by atoms with Crippen molar-refractivity contribution in [2.45, 2.75) is 55.9 Å².